The fourth-order valence-corrected chi connectivity index (χ4v) is 1.88. The van der Waals surface area contributed by atoms with E-state index in [1.165, 1.54) is 0 Å². The number of hydrogen-bond donors (Lipinski definition) is 1. The minimum atomic E-state index is 0.697. The Morgan fingerprint density at radius 3 is 2.75 bits per heavy atom. The van der Waals surface area contributed by atoms with E-state index in [4.69, 9.17) is 0 Å². The molecule has 0 unspecified atom stereocenters. The number of aromatic nitrogens is 2. The Labute approximate surface area is 106 Å². The predicted octanol–water partition coefficient (Wildman–Crippen LogP) is 2.91. The van der Waals surface area contributed by atoms with Gasteiger partial charge in [0.25, 0.3) is 0 Å². The summed E-state index contributed by atoms with van der Waals surface area (Å²) in [5, 5.41) is 3.19. The van der Waals surface area contributed by atoms with Crippen LogP contribution in [0, 0.1) is 0 Å². The van der Waals surface area contributed by atoms with Gasteiger partial charge in [0.2, 0.25) is 5.95 Å². The topological polar surface area (TPSA) is 41.1 Å². The number of halogens is 1. The second kappa shape index (κ2) is 6.68. The molecule has 1 heterocycles. The van der Waals surface area contributed by atoms with E-state index in [1.54, 1.807) is 6.20 Å². The van der Waals surface area contributed by atoms with Crippen molar-refractivity contribution in [1.29, 1.82) is 0 Å². The molecule has 0 saturated carbocycles. The third kappa shape index (κ3) is 3.63. The van der Waals surface area contributed by atoms with Crippen molar-refractivity contribution in [2.45, 2.75) is 26.7 Å². The second-order valence-electron chi connectivity index (χ2n) is 3.71. The van der Waals surface area contributed by atoms with Crippen molar-refractivity contribution in [3.8, 4) is 0 Å². The molecule has 0 radical (unpaired) electrons. The van der Waals surface area contributed by atoms with Crippen molar-refractivity contribution in [3.05, 3.63) is 10.7 Å². The first-order chi connectivity index (χ1) is 7.69. The fourth-order valence-electron chi connectivity index (χ4n) is 1.39. The van der Waals surface area contributed by atoms with Gasteiger partial charge in [0.1, 0.15) is 5.82 Å². The zero-order valence-corrected chi connectivity index (χ0v) is 11.7. The van der Waals surface area contributed by atoms with Gasteiger partial charge >= 0.3 is 0 Å². The SMILES string of the molecule is CCCNc1ncc(Br)c(N(C)CCC)n1. The molecule has 1 N–H and O–H groups in total. The summed E-state index contributed by atoms with van der Waals surface area (Å²) in [6.07, 6.45) is 3.97. The maximum atomic E-state index is 4.49. The van der Waals surface area contributed by atoms with Crippen LogP contribution >= 0.6 is 15.9 Å². The largest absolute Gasteiger partial charge is 0.359 e. The summed E-state index contributed by atoms with van der Waals surface area (Å²) in [7, 11) is 2.04. The summed E-state index contributed by atoms with van der Waals surface area (Å²) < 4.78 is 0.936. The van der Waals surface area contributed by atoms with Crippen LogP contribution < -0.4 is 10.2 Å². The highest BCUT2D eigenvalue weighted by Gasteiger charge is 2.08. The first-order valence-electron chi connectivity index (χ1n) is 5.66. The molecule has 0 fully saturated rings. The molecule has 0 spiro atoms. The number of anilines is 2. The van der Waals surface area contributed by atoms with Crippen LogP contribution in [0.4, 0.5) is 11.8 Å². The van der Waals surface area contributed by atoms with Crippen molar-refractivity contribution in [1.82, 2.24) is 9.97 Å². The van der Waals surface area contributed by atoms with E-state index in [0.29, 0.717) is 5.95 Å². The summed E-state index contributed by atoms with van der Waals surface area (Å²) in [5.41, 5.74) is 0. The minimum absolute atomic E-state index is 0.697. The third-order valence-electron chi connectivity index (χ3n) is 2.18. The molecule has 1 aromatic rings. The normalized spacial score (nSPS) is 10.2. The molecule has 0 bridgehead atoms. The van der Waals surface area contributed by atoms with Gasteiger partial charge in [-0.15, -0.1) is 0 Å². The van der Waals surface area contributed by atoms with Crippen molar-refractivity contribution in [3.63, 3.8) is 0 Å². The van der Waals surface area contributed by atoms with Crippen molar-refractivity contribution < 1.29 is 0 Å². The van der Waals surface area contributed by atoms with E-state index < -0.39 is 0 Å². The quantitative estimate of drug-likeness (QED) is 0.873. The van der Waals surface area contributed by atoms with Crippen molar-refractivity contribution in [2.75, 3.05) is 30.4 Å². The Bertz CT molecular complexity index is 330. The molecule has 0 aliphatic carbocycles. The highest BCUT2D eigenvalue weighted by Crippen LogP contribution is 2.23. The van der Waals surface area contributed by atoms with E-state index in [9.17, 15) is 0 Å². The Morgan fingerprint density at radius 1 is 1.38 bits per heavy atom. The molecule has 90 valence electrons. The van der Waals surface area contributed by atoms with Crippen LogP contribution in [0.15, 0.2) is 10.7 Å². The lowest BCUT2D eigenvalue weighted by Gasteiger charge is -2.19. The van der Waals surface area contributed by atoms with Crippen LogP contribution in [0.1, 0.15) is 26.7 Å². The molecule has 0 saturated heterocycles. The zero-order chi connectivity index (χ0) is 12.0. The standard InChI is InChI=1S/C11H19BrN4/c1-4-6-13-11-14-8-9(12)10(15-11)16(3)7-5-2/h8H,4-7H2,1-3H3,(H,13,14,15). The van der Waals surface area contributed by atoms with Crippen LogP contribution in [0.2, 0.25) is 0 Å². The predicted molar refractivity (Wildman–Crippen MR) is 72.1 cm³/mol. The van der Waals surface area contributed by atoms with Gasteiger partial charge in [-0.2, -0.15) is 4.98 Å². The molecule has 0 atom stereocenters. The van der Waals surface area contributed by atoms with E-state index in [0.717, 1.165) is 36.2 Å². The minimum Gasteiger partial charge on any atom is -0.359 e. The van der Waals surface area contributed by atoms with Crippen LogP contribution in [-0.4, -0.2) is 30.1 Å². The zero-order valence-electron chi connectivity index (χ0n) is 10.1. The molecule has 0 aliphatic heterocycles. The summed E-state index contributed by atoms with van der Waals surface area (Å²) in [5.74, 6) is 1.64. The summed E-state index contributed by atoms with van der Waals surface area (Å²) in [4.78, 5) is 10.8. The summed E-state index contributed by atoms with van der Waals surface area (Å²) in [6.45, 7) is 6.17. The van der Waals surface area contributed by atoms with Gasteiger partial charge in [-0.1, -0.05) is 13.8 Å². The van der Waals surface area contributed by atoms with Crippen LogP contribution in [-0.2, 0) is 0 Å². The lowest BCUT2D eigenvalue weighted by Crippen LogP contribution is -2.20. The molecular formula is C11H19BrN4. The first kappa shape index (κ1) is 13.2. The Morgan fingerprint density at radius 2 is 2.12 bits per heavy atom. The van der Waals surface area contributed by atoms with Gasteiger partial charge in [-0.05, 0) is 28.8 Å². The third-order valence-corrected chi connectivity index (χ3v) is 2.74. The van der Waals surface area contributed by atoms with E-state index in [-0.39, 0.29) is 0 Å². The summed E-state index contributed by atoms with van der Waals surface area (Å²) >= 11 is 3.47. The van der Waals surface area contributed by atoms with Crippen molar-refractivity contribution in [2.24, 2.45) is 0 Å². The molecular weight excluding hydrogens is 268 g/mol. The molecule has 0 aromatic carbocycles. The Hall–Kier alpha value is -0.840. The van der Waals surface area contributed by atoms with Gasteiger partial charge in [0, 0.05) is 26.3 Å². The van der Waals surface area contributed by atoms with E-state index >= 15 is 0 Å². The molecule has 0 amide bonds. The van der Waals surface area contributed by atoms with Crippen LogP contribution in [0.25, 0.3) is 0 Å². The van der Waals surface area contributed by atoms with Gasteiger partial charge in [-0.25, -0.2) is 4.98 Å². The molecule has 4 nitrogen and oxygen atoms in total. The van der Waals surface area contributed by atoms with Gasteiger partial charge in [0.15, 0.2) is 0 Å². The number of nitrogens with zero attached hydrogens (tertiary/aromatic N) is 3. The van der Waals surface area contributed by atoms with E-state index in [2.05, 4.69) is 50.0 Å². The fraction of sp³-hybridized carbons (Fsp3) is 0.636. The number of rotatable bonds is 6. The average Bonchev–Trinajstić information content (AvgIpc) is 2.28. The molecule has 16 heavy (non-hydrogen) atoms. The number of nitrogens with one attached hydrogen (secondary N) is 1. The van der Waals surface area contributed by atoms with Gasteiger partial charge in [-0.3, -0.25) is 0 Å². The monoisotopic (exact) mass is 286 g/mol. The summed E-state index contributed by atoms with van der Waals surface area (Å²) in [6, 6.07) is 0. The molecule has 0 aliphatic rings. The van der Waals surface area contributed by atoms with Gasteiger partial charge < -0.3 is 10.2 Å². The second-order valence-corrected chi connectivity index (χ2v) is 4.57. The highest BCUT2D eigenvalue weighted by molar-refractivity contribution is 9.10. The molecule has 1 aromatic heterocycles. The van der Waals surface area contributed by atoms with E-state index in [1.807, 2.05) is 7.05 Å². The lowest BCUT2D eigenvalue weighted by atomic mass is 10.4. The average molecular weight is 287 g/mol. The highest BCUT2D eigenvalue weighted by atomic mass is 79.9. The van der Waals surface area contributed by atoms with Gasteiger partial charge in [0.05, 0.1) is 4.47 Å². The maximum absolute atomic E-state index is 4.49. The van der Waals surface area contributed by atoms with Crippen LogP contribution in [0.5, 0.6) is 0 Å². The Kier molecular flexibility index (Phi) is 5.52. The number of hydrogen-bond acceptors (Lipinski definition) is 4. The van der Waals surface area contributed by atoms with Crippen molar-refractivity contribution >= 4 is 27.7 Å². The Balaban J connectivity index is 2.81. The lowest BCUT2D eigenvalue weighted by molar-refractivity contribution is 0.830. The van der Waals surface area contributed by atoms with Crippen LogP contribution in [0.3, 0.4) is 0 Å². The maximum Gasteiger partial charge on any atom is 0.224 e. The molecule has 1 rings (SSSR count). The smallest absolute Gasteiger partial charge is 0.224 e. The molecule has 5 heteroatoms. The first-order valence-corrected chi connectivity index (χ1v) is 6.45.